The summed E-state index contributed by atoms with van der Waals surface area (Å²) < 4.78 is 39.1. The number of nitrogens with one attached hydrogen (secondary N) is 2. The number of anilines is 1. The van der Waals surface area contributed by atoms with Crippen molar-refractivity contribution in [2.45, 2.75) is 25.1 Å². The summed E-state index contributed by atoms with van der Waals surface area (Å²) in [5, 5.41) is 5.30. The number of carbonyl (C=O) groups is 1. The van der Waals surface area contributed by atoms with Gasteiger partial charge in [-0.2, -0.15) is 13.2 Å². The molecule has 116 valence electrons. The number of amides is 2. The van der Waals surface area contributed by atoms with Gasteiger partial charge in [0.15, 0.2) is 0 Å². The number of alkyl halides is 3. The quantitative estimate of drug-likeness (QED) is 0.733. The van der Waals surface area contributed by atoms with Gasteiger partial charge in [-0.25, -0.2) is 4.79 Å². The fourth-order valence-corrected chi connectivity index (χ4v) is 2.51. The lowest BCUT2D eigenvalue weighted by molar-refractivity contribution is -0.137. The van der Waals surface area contributed by atoms with E-state index in [-0.39, 0.29) is 6.04 Å². The van der Waals surface area contributed by atoms with Gasteiger partial charge in [0.2, 0.25) is 0 Å². The van der Waals surface area contributed by atoms with Gasteiger partial charge in [0, 0.05) is 24.8 Å². The Morgan fingerprint density at radius 1 is 1.29 bits per heavy atom. The van der Waals surface area contributed by atoms with Crippen molar-refractivity contribution in [3.05, 3.63) is 29.8 Å². The molecule has 0 bridgehead atoms. The zero-order valence-electron chi connectivity index (χ0n) is 11.2. The maximum atomic E-state index is 12.4. The molecule has 1 saturated heterocycles. The molecular formula is C13H16F3N3OS. The van der Waals surface area contributed by atoms with Crippen LogP contribution in [0.25, 0.3) is 0 Å². The van der Waals surface area contributed by atoms with E-state index in [2.05, 4.69) is 23.4 Å². The van der Waals surface area contributed by atoms with E-state index in [0.29, 0.717) is 12.2 Å². The van der Waals surface area contributed by atoms with Crippen molar-refractivity contribution in [2.24, 2.45) is 0 Å². The molecule has 0 spiro atoms. The third kappa shape index (κ3) is 4.82. The first kappa shape index (κ1) is 16.0. The van der Waals surface area contributed by atoms with Gasteiger partial charge in [0.1, 0.15) is 0 Å². The summed E-state index contributed by atoms with van der Waals surface area (Å²) in [4.78, 5) is 11.8. The molecule has 8 heteroatoms. The highest BCUT2D eigenvalue weighted by atomic mass is 32.1. The SMILES string of the molecule is O=C(Nc1ccc(C(F)(F)F)cc1)NC1CCCN(S)C1. The first-order valence-electron chi connectivity index (χ1n) is 6.53. The molecule has 1 atom stereocenters. The van der Waals surface area contributed by atoms with Gasteiger partial charge in [0.25, 0.3) is 0 Å². The number of thiol groups is 1. The fraction of sp³-hybridized carbons (Fsp3) is 0.462. The summed E-state index contributed by atoms with van der Waals surface area (Å²) in [6.45, 7) is 1.52. The minimum atomic E-state index is -4.38. The van der Waals surface area contributed by atoms with Crippen LogP contribution in [0.5, 0.6) is 0 Å². The Bertz CT molecular complexity index is 492. The lowest BCUT2D eigenvalue weighted by atomic mass is 10.1. The molecule has 1 aromatic carbocycles. The number of rotatable bonds is 2. The Labute approximate surface area is 126 Å². The summed E-state index contributed by atoms with van der Waals surface area (Å²) in [5.74, 6) is 0. The maximum absolute atomic E-state index is 12.4. The van der Waals surface area contributed by atoms with Crippen molar-refractivity contribution in [3.63, 3.8) is 0 Å². The van der Waals surface area contributed by atoms with E-state index in [1.165, 1.54) is 12.1 Å². The standard InChI is InChI=1S/C13H16F3N3OS/c14-13(15,16)9-3-5-10(6-4-9)17-12(20)18-11-2-1-7-19(21)8-11/h3-6,11,21H,1-2,7-8H2,(H2,17,18,20). The predicted octanol–water partition coefficient (Wildman–Crippen LogP) is 3.14. The highest BCUT2D eigenvalue weighted by molar-refractivity contribution is 7.77. The zero-order chi connectivity index (χ0) is 15.5. The molecule has 0 aromatic heterocycles. The van der Waals surface area contributed by atoms with Crippen molar-refractivity contribution in [1.82, 2.24) is 9.62 Å². The second-order valence-electron chi connectivity index (χ2n) is 4.93. The minimum absolute atomic E-state index is 0.00861. The van der Waals surface area contributed by atoms with Crippen LogP contribution in [0.4, 0.5) is 23.7 Å². The molecular weight excluding hydrogens is 303 g/mol. The van der Waals surface area contributed by atoms with Gasteiger partial charge in [0.05, 0.1) is 5.56 Å². The highest BCUT2D eigenvalue weighted by Crippen LogP contribution is 2.29. The van der Waals surface area contributed by atoms with Gasteiger partial charge in [-0.15, -0.1) is 0 Å². The first-order valence-corrected chi connectivity index (χ1v) is 6.93. The summed E-state index contributed by atoms with van der Waals surface area (Å²) in [7, 11) is 0. The van der Waals surface area contributed by atoms with Crippen molar-refractivity contribution >= 4 is 24.5 Å². The Kier molecular flexibility index (Phi) is 5.00. The fourth-order valence-electron chi connectivity index (χ4n) is 2.17. The summed E-state index contributed by atoms with van der Waals surface area (Å²) in [6, 6.07) is 3.90. The summed E-state index contributed by atoms with van der Waals surface area (Å²) in [6.07, 6.45) is -2.58. The summed E-state index contributed by atoms with van der Waals surface area (Å²) >= 11 is 4.24. The van der Waals surface area contributed by atoms with Crippen LogP contribution in [0.1, 0.15) is 18.4 Å². The van der Waals surface area contributed by atoms with E-state index < -0.39 is 17.8 Å². The number of piperidine rings is 1. The van der Waals surface area contributed by atoms with E-state index in [4.69, 9.17) is 0 Å². The number of halogens is 3. The molecule has 1 aliphatic rings. The number of hydrogen-bond donors (Lipinski definition) is 3. The Morgan fingerprint density at radius 2 is 1.95 bits per heavy atom. The third-order valence-electron chi connectivity index (χ3n) is 3.21. The van der Waals surface area contributed by atoms with Crippen LogP contribution in [0.15, 0.2) is 24.3 Å². The van der Waals surface area contributed by atoms with Crippen LogP contribution in [0.2, 0.25) is 0 Å². The number of hydrogen-bond acceptors (Lipinski definition) is 3. The van der Waals surface area contributed by atoms with E-state index in [0.717, 1.165) is 31.5 Å². The molecule has 0 radical (unpaired) electrons. The minimum Gasteiger partial charge on any atom is -0.334 e. The number of carbonyl (C=O) groups excluding carboxylic acids is 1. The Morgan fingerprint density at radius 3 is 2.52 bits per heavy atom. The zero-order valence-corrected chi connectivity index (χ0v) is 12.0. The molecule has 2 rings (SSSR count). The molecule has 0 aliphatic carbocycles. The highest BCUT2D eigenvalue weighted by Gasteiger charge is 2.30. The van der Waals surface area contributed by atoms with Gasteiger partial charge < -0.3 is 10.6 Å². The lowest BCUT2D eigenvalue weighted by Gasteiger charge is -2.29. The van der Waals surface area contributed by atoms with Crippen molar-refractivity contribution in [1.29, 1.82) is 0 Å². The lowest BCUT2D eigenvalue weighted by Crippen LogP contribution is -2.46. The van der Waals surface area contributed by atoms with Gasteiger partial charge in [-0.3, -0.25) is 4.31 Å². The molecule has 1 unspecified atom stereocenters. The molecule has 1 aliphatic heterocycles. The summed E-state index contributed by atoms with van der Waals surface area (Å²) in [5.41, 5.74) is -0.425. The number of nitrogens with zero attached hydrogens (tertiary/aromatic N) is 1. The smallest absolute Gasteiger partial charge is 0.334 e. The number of urea groups is 1. The van der Waals surface area contributed by atoms with E-state index >= 15 is 0 Å². The van der Waals surface area contributed by atoms with Crippen LogP contribution < -0.4 is 10.6 Å². The topological polar surface area (TPSA) is 44.4 Å². The Hall–Kier alpha value is -1.41. The van der Waals surface area contributed by atoms with E-state index in [9.17, 15) is 18.0 Å². The molecule has 1 heterocycles. The van der Waals surface area contributed by atoms with E-state index in [1.54, 1.807) is 0 Å². The van der Waals surface area contributed by atoms with Crippen molar-refractivity contribution < 1.29 is 18.0 Å². The largest absolute Gasteiger partial charge is 0.416 e. The van der Waals surface area contributed by atoms with Gasteiger partial charge in [-0.05, 0) is 37.1 Å². The van der Waals surface area contributed by atoms with Crippen LogP contribution in [0, 0.1) is 0 Å². The van der Waals surface area contributed by atoms with Crippen molar-refractivity contribution in [2.75, 3.05) is 18.4 Å². The van der Waals surface area contributed by atoms with Gasteiger partial charge >= 0.3 is 12.2 Å². The van der Waals surface area contributed by atoms with Crippen molar-refractivity contribution in [3.8, 4) is 0 Å². The van der Waals surface area contributed by atoms with Crippen LogP contribution in [-0.4, -0.2) is 29.5 Å². The van der Waals surface area contributed by atoms with Crippen LogP contribution >= 0.6 is 12.8 Å². The normalized spacial score (nSPS) is 20.1. The first-order chi connectivity index (χ1) is 9.84. The Balaban J connectivity index is 1.87. The molecule has 2 amide bonds. The van der Waals surface area contributed by atoms with Gasteiger partial charge in [-0.1, -0.05) is 12.8 Å². The molecule has 0 saturated carbocycles. The van der Waals surface area contributed by atoms with E-state index in [1.807, 2.05) is 4.31 Å². The molecule has 4 nitrogen and oxygen atoms in total. The molecule has 2 N–H and O–H groups in total. The molecule has 1 aromatic rings. The third-order valence-corrected chi connectivity index (χ3v) is 3.57. The average Bonchev–Trinajstić information content (AvgIpc) is 2.38. The predicted molar refractivity (Wildman–Crippen MR) is 77.2 cm³/mol. The van der Waals surface area contributed by atoms with Crippen LogP contribution in [0.3, 0.4) is 0 Å². The molecule has 1 fully saturated rings. The second kappa shape index (κ2) is 6.57. The number of benzene rings is 1. The van der Waals surface area contributed by atoms with Crippen LogP contribution in [-0.2, 0) is 6.18 Å². The monoisotopic (exact) mass is 319 g/mol. The second-order valence-corrected chi connectivity index (χ2v) is 5.49. The average molecular weight is 319 g/mol. The maximum Gasteiger partial charge on any atom is 0.416 e. The molecule has 21 heavy (non-hydrogen) atoms.